The van der Waals surface area contributed by atoms with Gasteiger partial charge in [-0.05, 0) is 49.6 Å². The molecule has 0 bridgehead atoms. The molecule has 1 amide bonds. The summed E-state index contributed by atoms with van der Waals surface area (Å²) in [6.07, 6.45) is 0.833. The molecule has 2 aliphatic rings. The summed E-state index contributed by atoms with van der Waals surface area (Å²) in [6, 6.07) is 12.6. The van der Waals surface area contributed by atoms with E-state index >= 15 is 0 Å². The van der Waals surface area contributed by atoms with Gasteiger partial charge in [0.25, 0.3) is 5.91 Å². The minimum absolute atomic E-state index is 0.147. The first-order valence-electron chi connectivity index (χ1n) is 10.5. The van der Waals surface area contributed by atoms with Gasteiger partial charge >= 0.3 is 0 Å². The van der Waals surface area contributed by atoms with Gasteiger partial charge in [0.15, 0.2) is 11.5 Å². The molecule has 10 heteroatoms. The Hall–Kier alpha value is -2.66. The predicted molar refractivity (Wildman–Crippen MR) is 115 cm³/mol. The fourth-order valence-corrected chi connectivity index (χ4v) is 5.15. The summed E-state index contributed by atoms with van der Waals surface area (Å²) in [6.45, 7) is 0.229. The number of nitrogens with one attached hydrogen (secondary N) is 2. The lowest BCUT2D eigenvalue weighted by atomic mass is 9.98. The molecular formula is C22H26N2O7S. The fourth-order valence-electron chi connectivity index (χ4n) is 3.83. The topological polar surface area (TPSA) is 123 Å². The normalized spacial score (nSPS) is 22.5. The highest BCUT2D eigenvalue weighted by molar-refractivity contribution is 7.89. The summed E-state index contributed by atoms with van der Waals surface area (Å²) < 4.78 is 44.3. The number of rotatable bonds is 8. The first-order chi connectivity index (χ1) is 15.5. The highest BCUT2D eigenvalue weighted by Crippen LogP contribution is 2.32. The molecule has 4 rings (SSSR count). The zero-order valence-electron chi connectivity index (χ0n) is 17.4. The Morgan fingerprint density at radius 3 is 2.62 bits per heavy atom. The van der Waals surface area contributed by atoms with Gasteiger partial charge in [0.05, 0.1) is 29.8 Å². The summed E-state index contributed by atoms with van der Waals surface area (Å²) in [4.78, 5) is 12.6. The van der Waals surface area contributed by atoms with E-state index in [0.29, 0.717) is 42.9 Å². The van der Waals surface area contributed by atoms with Crippen LogP contribution in [0.2, 0.25) is 0 Å². The van der Waals surface area contributed by atoms with E-state index in [1.54, 1.807) is 36.4 Å². The van der Waals surface area contributed by atoms with E-state index in [2.05, 4.69) is 10.0 Å². The second kappa shape index (κ2) is 9.86. The van der Waals surface area contributed by atoms with Crippen molar-refractivity contribution in [2.24, 2.45) is 0 Å². The monoisotopic (exact) mass is 462 g/mol. The smallest absolute Gasteiger partial charge is 0.251 e. The highest BCUT2D eigenvalue weighted by atomic mass is 32.2. The van der Waals surface area contributed by atoms with Crippen LogP contribution in [-0.2, 0) is 14.8 Å². The number of fused-ring (bicyclic) bond motifs is 1. The largest absolute Gasteiger partial charge is 0.454 e. The third-order valence-corrected chi connectivity index (χ3v) is 7.05. The maximum absolute atomic E-state index is 12.6. The maximum Gasteiger partial charge on any atom is 0.251 e. The van der Waals surface area contributed by atoms with Gasteiger partial charge in [-0.1, -0.05) is 18.2 Å². The van der Waals surface area contributed by atoms with Gasteiger partial charge in [-0.2, -0.15) is 0 Å². The zero-order valence-corrected chi connectivity index (χ0v) is 18.2. The van der Waals surface area contributed by atoms with Crippen LogP contribution in [0.1, 0.15) is 29.6 Å². The van der Waals surface area contributed by atoms with Crippen molar-refractivity contribution in [1.29, 1.82) is 0 Å². The Balaban J connectivity index is 1.26. The minimum atomic E-state index is -3.70. The van der Waals surface area contributed by atoms with Crippen LogP contribution in [-0.4, -0.2) is 57.6 Å². The van der Waals surface area contributed by atoms with E-state index in [4.69, 9.17) is 14.2 Å². The number of carbonyl (C=O) groups excluding carboxylic acids is 1. The van der Waals surface area contributed by atoms with Crippen molar-refractivity contribution in [3.63, 3.8) is 0 Å². The quantitative estimate of drug-likeness (QED) is 0.542. The number of benzene rings is 2. The second-order valence-corrected chi connectivity index (χ2v) is 9.42. The number of carbonyl (C=O) groups is 1. The van der Waals surface area contributed by atoms with Crippen LogP contribution in [0.3, 0.4) is 0 Å². The van der Waals surface area contributed by atoms with E-state index in [0.717, 1.165) is 0 Å². The van der Waals surface area contributed by atoms with Crippen LogP contribution in [0, 0.1) is 0 Å². The van der Waals surface area contributed by atoms with E-state index in [1.165, 1.54) is 12.1 Å². The zero-order chi connectivity index (χ0) is 22.6. The lowest BCUT2D eigenvalue weighted by molar-refractivity contribution is -0.0871. The van der Waals surface area contributed by atoms with Crippen LogP contribution >= 0.6 is 0 Å². The van der Waals surface area contributed by atoms with Crippen molar-refractivity contribution in [2.75, 3.05) is 19.9 Å². The van der Waals surface area contributed by atoms with E-state index < -0.39 is 22.2 Å². The van der Waals surface area contributed by atoms with Crippen molar-refractivity contribution in [3.05, 3.63) is 54.1 Å². The summed E-state index contributed by atoms with van der Waals surface area (Å²) in [5.41, 5.74) is 0.474. The standard InChI is InChI=1S/C22H26N2O7S/c25-13-21-18(24-32(27,28)17-4-2-1-3-5-17)8-7-16(31-21)10-11-23-22(26)15-6-9-19-20(12-15)30-14-29-19/h1-6,9,12,16,18,21,24-25H,7-8,10-11,13-14H2,(H,23,26)/t16-,18+,21+/m0/s1. The Kier molecular flexibility index (Phi) is 6.95. The van der Waals surface area contributed by atoms with E-state index in [-0.39, 0.29) is 30.3 Å². The Morgan fingerprint density at radius 1 is 1.06 bits per heavy atom. The van der Waals surface area contributed by atoms with Gasteiger partial charge < -0.3 is 24.6 Å². The molecule has 172 valence electrons. The van der Waals surface area contributed by atoms with Crippen molar-refractivity contribution in [2.45, 2.75) is 42.4 Å². The van der Waals surface area contributed by atoms with Crippen molar-refractivity contribution >= 4 is 15.9 Å². The number of aliphatic hydroxyl groups excluding tert-OH is 1. The van der Waals surface area contributed by atoms with Gasteiger partial charge in [-0.15, -0.1) is 0 Å². The lowest BCUT2D eigenvalue weighted by Crippen LogP contribution is -2.51. The molecule has 1 saturated heterocycles. The number of ether oxygens (including phenoxy) is 3. The summed E-state index contributed by atoms with van der Waals surface area (Å²) >= 11 is 0. The van der Waals surface area contributed by atoms with Crippen LogP contribution in [0.4, 0.5) is 0 Å². The summed E-state index contributed by atoms with van der Waals surface area (Å²) in [5.74, 6) is 0.930. The lowest BCUT2D eigenvalue weighted by Gasteiger charge is -2.36. The Bertz CT molecular complexity index is 1050. The second-order valence-electron chi connectivity index (χ2n) is 7.71. The van der Waals surface area contributed by atoms with Crippen molar-refractivity contribution < 1.29 is 32.5 Å². The third-order valence-electron chi connectivity index (χ3n) is 5.54. The Morgan fingerprint density at radius 2 is 1.84 bits per heavy atom. The average Bonchev–Trinajstić information content (AvgIpc) is 3.28. The van der Waals surface area contributed by atoms with Gasteiger partial charge in [0, 0.05) is 12.1 Å². The Labute approximate surface area is 186 Å². The molecule has 0 aliphatic carbocycles. The molecule has 3 atom stereocenters. The maximum atomic E-state index is 12.6. The number of hydrogen-bond donors (Lipinski definition) is 3. The van der Waals surface area contributed by atoms with Crippen LogP contribution in [0.15, 0.2) is 53.4 Å². The third kappa shape index (κ3) is 5.21. The molecule has 0 saturated carbocycles. The van der Waals surface area contributed by atoms with E-state index in [9.17, 15) is 18.3 Å². The van der Waals surface area contributed by atoms with Crippen LogP contribution in [0.5, 0.6) is 11.5 Å². The highest BCUT2D eigenvalue weighted by Gasteiger charge is 2.33. The number of hydrogen-bond acceptors (Lipinski definition) is 7. The molecule has 1 fully saturated rings. The molecule has 3 N–H and O–H groups in total. The van der Waals surface area contributed by atoms with Crippen LogP contribution in [0.25, 0.3) is 0 Å². The van der Waals surface area contributed by atoms with Gasteiger partial charge in [0.2, 0.25) is 16.8 Å². The molecule has 0 spiro atoms. The molecule has 0 unspecified atom stereocenters. The van der Waals surface area contributed by atoms with Crippen molar-refractivity contribution in [3.8, 4) is 11.5 Å². The molecule has 0 aromatic heterocycles. The molecule has 9 nitrogen and oxygen atoms in total. The van der Waals surface area contributed by atoms with Gasteiger partial charge in [-0.3, -0.25) is 4.79 Å². The average molecular weight is 463 g/mol. The van der Waals surface area contributed by atoms with Gasteiger partial charge in [-0.25, -0.2) is 13.1 Å². The summed E-state index contributed by atoms with van der Waals surface area (Å²) in [5, 5.41) is 12.6. The van der Waals surface area contributed by atoms with Crippen molar-refractivity contribution in [1.82, 2.24) is 10.0 Å². The number of amides is 1. The molecule has 32 heavy (non-hydrogen) atoms. The van der Waals surface area contributed by atoms with Gasteiger partial charge in [0.1, 0.15) is 0 Å². The molecular weight excluding hydrogens is 436 g/mol. The molecule has 2 aromatic carbocycles. The summed E-state index contributed by atoms with van der Waals surface area (Å²) in [7, 11) is -3.70. The number of aliphatic hydroxyl groups is 1. The molecule has 2 aliphatic heterocycles. The number of sulfonamides is 1. The molecule has 2 heterocycles. The van der Waals surface area contributed by atoms with Crippen LogP contribution < -0.4 is 19.5 Å². The molecule has 2 aromatic rings. The first kappa shape index (κ1) is 22.5. The first-order valence-corrected chi connectivity index (χ1v) is 12.0. The predicted octanol–water partition coefficient (Wildman–Crippen LogP) is 1.42. The van der Waals surface area contributed by atoms with E-state index in [1.807, 2.05) is 0 Å². The SMILES string of the molecule is O=C(NCC[C@@H]1CC[C@@H](NS(=O)(=O)c2ccccc2)[C@@H](CO)O1)c1ccc2c(c1)OCO2. The minimum Gasteiger partial charge on any atom is -0.454 e. The fraction of sp³-hybridized carbons (Fsp3) is 0.409. The molecule has 0 radical (unpaired) electrons.